The van der Waals surface area contributed by atoms with E-state index in [9.17, 15) is 0 Å². The average molecular weight is 233 g/mol. The molecule has 17 heavy (non-hydrogen) atoms. The van der Waals surface area contributed by atoms with Crippen molar-refractivity contribution in [3.05, 3.63) is 5.82 Å². The normalized spacial score (nSPS) is 43.2. The van der Waals surface area contributed by atoms with Gasteiger partial charge in [-0.1, -0.05) is 0 Å². The molecule has 4 aliphatic rings. The first-order valence-electron chi connectivity index (χ1n) is 6.82. The Morgan fingerprint density at radius 1 is 1.06 bits per heavy atom. The fourth-order valence-electron chi connectivity index (χ4n) is 4.87. The second-order valence-corrected chi connectivity index (χ2v) is 6.17. The molecule has 0 amide bonds. The smallest absolute Gasteiger partial charge is 0.165 e. The monoisotopic (exact) mass is 233 g/mol. The first-order valence-corrected chi connectivity index (χ1v) is 6.82. The average Bonchev–Trinajstić information content (AvgIpc) is 2.75. The van der Waals surface area contributed by atoms with Crippen molar-refractivity contribution < 1.29 is 0 Å². The van der Waals surface area contributed by atoms with Crippen molar-refractivity contribution >= 4 is 0 Å². The standard InChI is InChI=1S/C12H19N5/c13-6-11-14-15-16-17(11)12-9-2-7-1-8(4-9)5-10(12)3-7/h7-10,12H,1-6,13H2. The predicted molar refractivity (Wildman–Crippen MR) is 61.8 cm³/mol. The molecule has 92 valence electrons. The van der Waals surface area contributed by atoms with Gasteiger partial charge < -0.3 is 5.73 Å². The second kappa shape index (κ2) is 3.51. The van der Waals surface area contributed by atoms with Gasteiger partial charge in [-0.05, 0) is 66.2 Å². The molecule has 0 aromatic carbocycles. The lowest BCUT2D eigenvalue weighted by Crippen LogP contribution is -2.46. The molecule has 0 unspecified atom stereocenters. The zero-order valence-electron chi connectivity index (χ0n) is 10.00. The van der Waals surface area contributed by atoms with E-state index in [-0.39, 0.29) is 0 Å². The topological polar surface area (TPSA) is 69.6 Å². The van der Waals surface area contributed by atoms with Crippen molar-refractivity contribution in [2.45, 2.75) is 44.7 Å². The van der Waals surface area contributed by atoms with Crippen LogP contribution in [-0.4, -0.2) is 20.2 Å². The molecule has 0 saturated heterocycles. The maximum atomic E-state index is 5.72. The molecule has 1 heterocycles. The van der Waals surface area contributed by atoms with Crippen LogP contribution in [0.15, 0.2) is 0 Å². The van der Waals surface area contributed by atoms with E-state index in [0.29, 0.717) is 12.6 Å². The van der Waals surface area contributed by atoms with Crippen LogP contribution in [0, 0.1) is 23.7 Å². The van der Waals surface area contributed by atoms with E-state index in [2.05, 4.69) is 15.5 Å². The number of aromatic nitrogens is 4. The zero-order chi connectivity index (χ0) is 11.4. The van der Waals surface area contributed by atoms with Gasteiger partial charge in [-0.3, -0.25) is 0 Å². The van der Waals surface area contributed by atoms with Crippen LogP contribution in [0.25, 0.3) is 0 Å². The summed E-state index contributed by atoms with van der Waals surface area (Å²) in [5.74, 6) is 4.46. The Bertz CT molecular complexity index is 398. The van der Waals surface area contributed by atoms with Crippen LogP contribution < -0.4 is 5.73 Å². The Hall–Kier alpha value is -0.970. The minimum Gasteiger partial charge on any atom is -0.324 e. The zero-order valence-corrected chi connectivity index (χ0v) is 10.00. The highest BCUT2D eigenvalue weighted by molar-refractivity contribution is 5.01. The Labute approximate surface area is 101 Å². The summed E-state index contributed by atoms with van der Waals surface area (Å²) < 4.78 is 2.05. The SMILES string of the molecule is NCc1nnnn1C1C2CC3CC(C2)CC1C3. The molecule has 4 fully saturated rings. The highest BCUT2D eigenvalue weighted by Gasteiger charge is 2.49. The van der Waals surface area contributed by atoms with Crippen LogP contribution in [-0.2, 0) is 6.54 Å². The summed E-state index contributed by atoms with van der Waals surface area (Å²) in [6, 6.07) is 0.538. The van der Waals surface area contributed by atoms with Crippen molar-refractivity contribution in [3.8, 4) is 0 Å². The van der Waals surface area contributed by atoms with Gasteiger partial charge in [0.15, 0.2) is 5.82 Å². The van der Waals surface area contributed by atoms with E-state index in [1.165, 1.54) is 32.1 Å². The third kappa shape index (κ3) is 1.38. The minimum absolute atomic E-state index is 0.454. The lowest BCUT2D eigenvalue weighted by molar-refractivity contribution is -0.0353. The van der Waals surface area contributed by atoms with Crippen LogP contribution in [0.1, 0.15) is 44.0 Å². The molecule has 4 bridgehead atoms. The Balaban J connectivity index is 1.70. The molecule has 0 spiro atoms. The molecule has 0 atom stereocenters. The Morgan fingerprint density at radius 3 is 2.29 bits per heavy atom. The van der Waals surface area contributed by atoms with Gasteiger partial charge in [-0.15, -0.1) is 5.10 Å². The summed E-state index contributed by atoms with van der Waals surface area (Å²) in [6.07, 6.45) is 7.05. The summed E-state index contributed by atoms with van der Waals surface area (Å²) in [4.78, 5) is 0. The molecule has 4 aliphatic carbocycles. The van der Waals surface area contributed by atoms with Crippen LogP contribution in [0.5, 0.6) is 0 Å². The maximum absolute atomic E-state index is 5.72. The molecule has 5 rings (SSSR count). The van der Waals surface area contributed by atoms with Gasteiger partial charge in [0, 0.05) is 0 Å². The molecule has 1 aromatic rings. The highest BCUT2D eigenvalue weighted by Crippen LogP contribution is 2.58. The van der Waals surface area contributed by atoms with Gasteiger partial charge in [0.1, 0.15) is 0 Å². The van der Waals surface area contributed by atoms with Gasteiger partial charge in [0.25, 0.3) is 0 Å². The molecule has 2 N–H and O–H groups in total. The Morgan fingerprint density at radius 2 is 1.71 bits per heavy atom. The summed E-state index contributed by atoms with van der Waals surface area (Å²) >= 11 is 0. The molecule has 0 radical (unpaired) electrons. The lowest BCUT2D eigenvalue weighted by atomic mass is 9.54. The lowest BCUT2D eigenvalue weighted by Gasteiger charge is -2.54. The number of nitrogens with two attached hydrogens (primary N) is 1. The van der Waals surface area contributed by atoms with E-state index < -0.39 is 0 Å². The van der Waals surface area contributed by atoms with Gasteiger partial charge in [-0.25, -0.2) is 4.68 Å². The largest absolute Gasteiger partial charge is 0.324 e. The Kier molecular flexibility index (Phi) is 2.06. The summed E-state index contributed by atoms with van der Waals surface area (Å²) in [6.45, 7) is 0.454. The quantitative estimate of drug-likeness (QED) is 0.831. The van der Waals surface area contributed by atoms with Crippen molar-refractivity contribution in [1.82, 2.24) is 20.2 Å². The van der Waals surface area contributed by atoms with Gasteiger partial charge in [0.05, 0.1) is 12.6 Å². The molecule has 5 heteroatoms. The first-order chi connectivity index (χ1) is 8.35. The number of hydrogen-bond acceptors (Lipinski definition) is 4. The van der Waals surface area contributed by atoms with Crippen LogP contribution in [0.2, 0.25) is 0 Å². The molecule has 4 saturated carbocycles. The fourth-order valence-corrected chi connectivity index (χ4v) is 4.87. The number of hydrogen-bond donors (Lipinski definition) is 1. The van der Waals surface area contributed by atoms with E-state index in [1.807, 2.05) is 4.68 Å². The second-order valence-electron chi connectivity index (χ2n) is 6.17. The van der Waals surface area contributed by atoms with Crippen molar-refractivity contribution in [2.24, 2.45) is 29.4 Å². The van der Waals surface area contributed by atoms with E-state index in [0.717, 1.165) is 29.5 Å². The third-order valence-electron chi connectivity index (χ3n) is 5.20. The maximum Gasteiger partial charge on any atom is 0.165 e. The summed E-state index contributed by atoms with van der Waals surface area (Å²) in [5, 5.41) is 12.1. The molecule has 5 nitrogen and oxygen atoms in total. The number of rotatable bonds is 2. The van der Waals surface area contributed by atoms with Gasteiger partial charge >= 0.3 is 0 Å². The molecular formula is C12H19N5. The van der Waals surface area contributed by atoms with Crippen LogP contribution in [0.4, 0.5) is 0 Å². The first kappa shape index (κ1) is 10.00. The molecule has 0 aliphatic heterocycles. The van der Waals surface area contributed by atoms with Crippen molar-refractivity contribution in [1.29, 1.82) is 0 Å². The number of nitrogens with zero attached hydrogens (tertiary/aromatic N) is 4. The van der Waals surface area contributed by atoms with E-state index >= 15 is 0 Å². The fraction of sp³-hybridized carbons (Fsp3) is 0.917. The van der Waals surface area contributed by atoms with Gasteiger partial charge in [-0.2, -0.15) is 0 Å². The van der Waals surface area contributed by atoms with E-state index in [1.54, 1.807) is 0 Å². The summed E-state index contributed by atoms with van der Waals surface area (Å²) in [5.41, 5.74) is 5.72. The number of tetrazole rings is 1. The minimum atomic E-state index is 0.454. The van der Waals surface area contributed by atoms with Gasteiger partial charge in [0.2, 0.25) is 0 Å². The highest BCUT2D eigenvalue weighted by atomic mass is 15.6. The van der Waals surface area contributed by atoms with Crippen molar-refractivity contribution in [3.63, 3.8) is 0 Å². The molecule has 1 aromatic heterocycles. The summed E-state index contributed by atoms with van der Waals surface area (Å²) in [7, 11) is 0. The molecular weight excluding hydrogens is 214 g/mol. The third-order valence-corrected chi connectivity index (χ3v) is 5.20. The van der Waals surface area contributed by atoms with E-state index in [4.69, 9.17) is 5.73 Å². The van der Waals surface area contributed by atoms with Crippen LogP contribution >= 0.6 is 0 Å². The predicted octanol–water partition coefficient (Wildman–Crippen LogP) is 1.13. The van der Waals surface area contributed by atoms with Crippen LogP contribution in [0.3, 0.4) is 0 Å². The van der Waals surface area contributed by atoms with Crippen molar-refractivity contribution in [2.75, 3.05) is 0 Å².